The van der Waals surface area contributed by atoms with Crippen molar-refractivity contribution in [2.45, 2.75) is 0 Å². The Labute approximate surface area is 166 Å². The zero-order chi connectivity index (χ0) is 19.5. The maximum atomic E-state index is 13.1. The highest BCUT2D eigenvalue weighted by molar-refractivity contribution is 6.30. The standard InChI is InChI=1S/C21H19ClN2O4/c22-15-7-5-14(6-8-15)19-20(26)16-3-1-2-4-17(16)28-21(19)23-18(25)13-24-9-11-27-12-10-24/h1-8H,9-13H2,(H,23,25)/p+1. The number of fused-ring (bicyclic) bond motifs is 1. The number of para-hydroxylation sites is 1. The molecule has 1 aliphatic heterocycles. The molecule has 2 N–H and O–H groups in total. The number of anilines is 1. The van der Waals surface area contributed by atoms with Crippen molar-refractivity contribution in [1.29, 1.82) is 0 Å². The van der Waals surface area contributed by atoms with Gasteiger partial charge in [-0.3, -0.25) is 14.9 Å². The van der Waals surface area contributed by atoms with E-state index in [4.69, 9.17) is 20.8 Å². The number of benzene rings is 2. The lowest BCUT2D eigenvalue weighted by Gasteiger charge is -2.23. The Bertz CT molecular complexity index is 1060. The van der Waals surface area contributed by atoms with E-state index in [1.807, 2.05) is 0 Å². The number of quaternary nitrogens is 1. The summed E-state index contributed by atoms with van der Waals surface area (Å²) in [6, 6.07) is 13.9. The minimum absolute atomic E-state index is 0.156. The number of hydrogen-bond donors (Lipinski definition) is 2. The molecule has 28 heavy (non-hydrogen) atoms. The van der Waals surface area contributed by atoms with E-state index in [0.29, 0.717) is 46.9 Å². The van der Waals surface area contributed by atoms with E-state index in [1.54, 1.807) is 48.5 Å². The molecule has 1 amide bonds. The van der Waals surface area contributed by atoms with E-state index in [0.717, 1.165) is 18.0 Å². The van der Waals surface area contributed by atoms with Crippen molar-refractivity contribution in [3.8, 4) is 11.1 Å². The number of nitrogens with one attached hydrogen (secondary N) is 2. The molecular formula is C21H20ClN2O4+. The topological polar surface area (TPSA) is 73.0 Å². The summed E-state index contributed by atoms with van der Waals surface area (Å²) in [5, 5.41) is 3.83. The van der Waals surface area contributed by atoms with Crippen LogP contribution in [-0.2, 0) is 9.53 Å². The Morgan fingerprint density at radius 3 is 2.54 bits per heavy atom. The number of rotatable bonds is 4. The van der Waals surface area contributed by atoms with Crippen LogP contribution in [0.15, 0.2) is 57.7 Å². The van der Waals surface area contributed by atoms with Gasteiger partial charge in [0.25, 0.3) is 5.91 Å². The average Bonchev–Trinajstić information content (AvgIpc) is 2.70. The largest absolute Gasteiger partial charge is 0.439 e. The van der Waals surface area contributed by atoms with Crippen LogP contribution >= 0.6 is 11.6 Å². The normalized spacial score (nSPS) is 14.9. The van der Waals surface area contributed by atoms with Gasteiger partial charge in [0, 0.05) is 5.02 Å². The minimum Gasteiger partial charge on any atom is -0.439 e. The van der Waals surface area contributed by atoms with E-state index in [-0.39, 0.29) is 17.2 Å². The molecule has 2 heterocycles. The van der Waals surface area contributed by atoms with Gasteiger partial charge in [0.1, 0.15) is 18.7 Å². The van der Waals surface area contributed by atoms with Gasteiger partial charge in [-0.15, -0.1) is 0 Å². The van der Waals surface area contributed by atoms with E-state index in [2.05, 4.69) is 5.32 Å². The van der Waals surface area contributed by atoms with E-state index >= 15 is 0 Å². The number of ether oxygens (including phenoxy) is 1. The second kappa shape index (κ2) is 8.14. The van der Waals surface area contributed by atoms with Crippen LogP contribution in [0.5, 0.6) is 0 Å². The SMILES string of the molecule is O=C(C[NH+]1CCOCC1)Nc1oc2ccccc2c(=O)c1-c1ccc(Cl)cc1. The molecule has 0 spiro atoms. The Morgan fingerprint density at radius 2 is 1.79 bits per heavy atom. The van der Waals surface area contributed by atoms with Gasteiger partial charge in [-0.1, -0.05) is 35.9 Å². The van der Waals surface area contributed by atoms with Crippen LogP contribution in [0.1, 0.15) is 0 Å². The highest BCUT2D eigenvalue weighted by atomic mass is 35.5. The van der Waals surface area contributed by atoms with Crippen molar-refractivity contribution in [3.63, 3.8) is 0 Å². The fourth-order valence-electron chi connectivity index (χ4n) is 3.34. The molecule has 1 saturated heterocycles. The summed E-state index contributed by atoms with van der Waals surface area (Å²) >= 11 is 5.98. The maximum absolute atomic E-state index is 13.1. The lowest BCUT2D eigenvalue weighted by molar-refractivity contribution is -0.899. The van der Waals surface area contributed by atoms with Crippen molar-refractivity contribution in [3.05, 3.63) is 63.8 Å². The molecule has 6 nitrogen and oxygen atoms in total. The lowest BCUT2D eigenvalue weighted by Crippen LogP contribution is -3.15. The van der Waals surface area contributed by atoms with Crippen molar-refractivity contribution < 1.29 is 18.8 Å². The second-order valence-corrected chi connectivity index (χ2v) is 7.16. The first kappa shape index (κ1) is 18.7. The molecule has 3 aromatic rings. The third-order valence-corrected chi connectivity index (χ3v) is 5.05. The van der Waals surface area contributed by atoms with Gasteiger partial charge in [0.2, 0.25) is 11.3 Å². The summed E-state index contributed by atoms with van der Waals surface area (Å²) in [5.74, 6) is -0.0470. The van der Waals surface area contributed by atoms with E-state index in [9.17, 15) is 9.59 Å². The highest BCUT2D eigenvalue weighted by Crippen LogP contribution is 2.29. The predicted octanol–water partition coefficient (Wildman–Crippen LogP) is 1.97. The van der Waals surface area contributed by atoms with Gasteiger partial charge >= 0.3 is 0 Å². The van der Waals surface area contributed by atoms with Gasteiger partial charge < -0.3 is 14.1 Å². The third kappa shape index (κ3) is 3.94. The fourth-order valence-corrected chi connectivity index (χ4v) is 3.47. The molecule has 1 fully saturated rings. The summed E-state index contributed by atoms with van der Waals surface area (Å²) in [6.07, 6.45) is 0. The van der Waals surface area contributed by atoms with Crippen molar-refractivity contribution in [2.24, 2.45) is 0 Å². The molecule has 0 bridgehead atoms. The number of amides is 1. The molecule has 144 valence electrons. The highest BCUT2D eigenvalue weighted by Gasteiger charge is 2.22. The molecule has 0 unspecified atom stereocenters. The zero-order valence-corrected chi connectivity index (χ0v) is 15.9. The van der Waals surface area contributed by atoms with Crippen LogP contribution in [0.3, 0.4) is 0 Å². The molecule has 0 aliphatic carbocycles. The Hall–Kier alpha value is -2.67. The first-order valence-corrected chi connectivity index (χ1v) is 9.52. The summed E-state index contributed by atoms with van der Waals surface area (Å²) < 4.78 is 11.2. The second-order valence-electron chi connectivity index (χ2n) is 6.73. The van der Waals surface area contributed by atoms with E-state index in [1.165, 1.54) is 0 Å². The number of carbonyl (C=O) groups is 1. The summed E-state index contributed by atoms with van der Waals surface area (Å²) in [6.45, 7) is 3.13. The molecule has 2 aromatic carbocycles. The quantitative estimate of drug-likeness (QED) is 0.703. The number of carbonyl (C=O) groups excluding carboxylic acids is 1. The molecule has 0 radical (unpaired) electrons. The van der Waals surface area contributed by atoms with Gasteiger partial charge in [0.05, 0.1) is 24.2 Å². The Morgan fingerprint density at radius 1 is 1.07 bits per heavy atom. The monoisotopic (exact) mass is 399 g/mol. The molecule has 1 aromatic heterocycles. The third-order valence-electron chi connectivity index (χ3n) is 4.79. The predicted molar refractivity (Wildman–Crippen MR) is 108 cm³/mol. The molecular weight excluding hydrogens is 380 g/mol. The Kier molecular flexibility index (Phi) is 5.43. The van der Waals surface area contributed by atoms with Gasteiger partial charge in [-0.05, 0) is 29.8 Å². The Balaban J connectivity index is 1.73. The first-order chi connectivity index (χ1) is 13.6. The average molecular weight is 400 g/mol. The van der Waals surface area contributed by atoms with Gasteiger partial charge in [-0.25, -0.2) is 0 Å². The minimum atomic E-state index is -0.203. The maximum Gasteiger partial charge on any atom is 0.281 e. The van der Waals surface area contributed by atoms with Gasteiger partial charge in [0.15, 0.2) is 6.54 Å². The van der Waals surface area contributed by atoms with E-state index < -0.39 is 0 Å². The van der Waals surface area contributed by atoms with Crippen LogP contribution in [0.4, 0.5) is 5.88 Å². The first-order valence-electron chi connectivity index (χ1n) is 9.15. The van der Waals surface area contributed by atoms with Crippen LogP contribution in [-0.4, -0.2) is 38.8 Å². The molecule has 1 aliphatic rings. The van der Waals surface area contributed by atoms with Crippen LogP contribution in [0, 0.1) is 0 Å². The van der Waals surface area contributed by atoms with Crippen LogP contribution in [0.25, 0.3) is 22.1 Å². The number of hydrogen-bond acceptors (Lipinski definition) is 4. The number of halogens is 1. The fraction of sp³-hybridized carbons (Fsp3) is 0.238. The summed E-state index contributed by atoms with van der Waals surface area (Å²) in [7, 11) is 0. The van der Waals surface area contributed by atoms with Crippen molar-refractivity contribution >= 4 is 34.4 Å². The number of morpholine rings is 1. The molecule has 4 rings (SSSR count). The zero-order valence-electron chi connectivity index (χ0n) is 15.2. The summed E-state index contributed by atoms with van der Waals surface area (Å²) in [5.41, 5.74) is 1.19. The van der Waals surface area contributed by atoms with Crippen molar-refractivity contribution in [2.75, 3.05) is 38.2 Å². The van der Waals surface area contributed by atoms with Gasteiger partial charge in [-0.2, -0.15) is 0 Å². The lowest BCUT2D eigenvalue weighted by atomic mass is 10.0. The molecule has 0 atom stereocenters. The van der Waals surface area contributed by atoms with Crippen LogP contribution < -0.4 is 15.6 Å². The van der Waals surface area contributed by atoms with Crippen LogP contribution in [0.2, 0.25) is 5.02 Å². The van der Waals surface area contributed by atoms with Crippen molar-refractivity contribution in [1.82, 2.24) is 0 Å². The molecule has 7 heteroatoms. The smallest absolute Gasteiger partial charge is 0.281 e. The molecule has 0 saturated carbocycles. The summed E-state index contributed by atoms with van der Waals surface area (Å²) in [4.78, 5) is 26.9.